The molecule has 0 aliphatic carbocycles. The first-order valence-corrected chi connectivity index (χ1v) is 8.59. The van der Waals surface area contributed by atoms with E-state index in [1.165, 1.54) is 6.21 Å². The van der Waals surface area contributed by atoms with Gasteiger partial charge in [0, 0.05) is 15.6 Å². The Hall–Kier alpha value is -2.66. The van der Waals surface area contributed by atoms with E-state index in [9.17, 15) is 4.79 Å². The van der Waals surface area contributed by atoms with E-state index in [4.69, 9.17) is 4.42 Å². The summed E-state index contributed by atoms with van der Waals surface area (Å²) in [6, 6.07) is 17.1. The summed E-state index contributed by atoms with van der Waals surface area (Å²) in [7, 11) is 0. The van der Waals surface area contributed by atoms with Crippen molar-refractivity contribution in [3.63, 3.8) is 0 Å². The molecular formula is C20H17BrN2O2. The van der Waals surface area contributed by atoms with Gasteiger partial charge in [0.1, 0.15) is 11.5 Å². The van der Waals surface area contributed by atoms with Gasteiger partial charge in [0.2, 0.25) is 0 Å². The van der Waals surface area contributed by atoms with Crippen LogP contribution in [-0.4, -0.2) is 12.1 Å². The Bertz CT molecular complexity index is 944. The molecule has 0 aliphatic heterocycles. The molecule has 1 amide bonds. The van der Waals surface area contributed by atoms with Crippen molar-refractivity contribution in [2.24, 2.45) is 5.10 Å². The van der Waals surface area contributed by atoms with E-state index in [0.717, 1.165) is 26.9 Å². The van der Waals surface area contributed by atoms with E-state index in [1.54, 1.807) is 6.07 Å². The van der Waals surface area contributed by atoms with Crippen LogP contribution in [0.1, 0.15) is 27.2 Å². The number of benzene rings is 2. The number of nitrogens with one attached hydrogen (secondary N) is 1. The third-order valence-electron chi connectivity index (χ3n) is 3.83. The van der Waals surface area contributed by atoms with Crippen LogP contribution in [0, 0.1) is 13.8 Å². The Labute approximate surface area is 154 Å². The number of hydrogen-bond acceptors (Lipinski definition) is 3. The Morgan fingerprint density at radius 2 is 1.88 bits per heavy atom. The van der Waals surface area contributed by atoms with E-state index in [2.05, 4.69) is 26.5 Å². The molecule has 0 spiro atoms. The molecule has 0 saturated heterocycles. The third kappa shape index (κ3) is 4.06. The predicted octanol–water partition coefficient (Wildman–Crippen LogP) is 5.09. The molecule has 0 saturated carbocycles. The fraction of sp³-hybridized carbons (Fsp3) is 0.100. The lowest BCUT2D eigenvalue weighted by molar-refractivity contribution is 0.0954. The van der Waals surface area contributed by atoms with Crippen molar-refractivity contribution in [2.75, 3.05) is 0 Å². The van der Waals surface area contributed by atoms with Gasteiger partial charge in [-0.05, 0) is 49.2 Å². The van der Waals surface area contributed by atoms with Crippen molar-refractivity contribution in [3.8, 4) is 11.3 Å². The van der Waals surface area contributed by atoms with Gasteiger partial charge >= 0.3 is 0 Å². The quantitative estimate of drug-likeness (QED) is 0.493. The van der Waals surface area contributed by atoms with Crippen LogP contribution in [-0.2, 0) is 0 Å². The maximum absolute atomic E-state index is 12.1. The minimum absolute atomic E-state index is 0.247. The molecule has 1 N–H and O–H groups in total. The van der Waals surface area contributed by atoms with Crippen LogP contribution in [0.4, 0.5) is 0 Å². The number of aryl methyl sites for hydroxylation is 2. The number of hydrogen-bond donors (Lipinski definition) is 1. The molecule has 0 radical (unpaired) electrons. The van der Waals surface area contributed by atoms with Crippen LogP contribution >= 0.6 is 15.9 Å². The number of nitrogens with zero attached hydrogens (tertiary/aromatic N) is 1. The molecule has 0 bridgehead atoms. The van der Waals surface area contributed by atoms with Crippen molar-refractivity contribution in [2.45, 2.75) is 13.8 Å². The smallest absolute Gasteiger partial charge is 0.271 e. The van der Waals surface area contributed by atoms with Crippen molar-refractivity contribution in [1.82, 2.24) is 5.43 Å². The van der Waals surface area contributed by atoms with E-state index < -0.39 is 0 Å². The molecule has 0 atom stereocenters. The third-order valence-corrected chi connectivity index (χ3v) is 4.69. The van der Waals surface area contributed by atoms with Crippen molar-refractivity contribution >= 4 is 28.1 Å². The summed E-state index contributed by atoms with van der Waals surface area (Å²) in [5.41, 5.74) is 6.16. The van der Waals surface area contributed by atoms with Crippen LogP contribution in [0.3, 0.4) is 0 Å². The lowest BCUT2D eigenvalue weighted by atomic mass is 10.1. The number of hydrazone groups is 1. The van der Waals surface area contributed by atoms with Crippen molar-refractivity contribution in [1.29, 1.82) is 0 Å². The monoisotopic (exact) mass is 396 g/mol. The van der Waals surface area contributed by atoms with Gasteiger partial charge < -0.3 is 4.42 Å². The first kappa shape index (κ1) is 17.2. The minimum Gasteiger partial charge on any atom is -0.455 e. The fourth-order valence-corrected chi connectivity index (χ4v) is 2.74. The Balaban J connectivity index is 1.69. The van der Waals surface area contributed by atoms with Crippen LogP contribution in [0.2, 0.25) is 0 Å². The Kier molecular flexibility index (Phi) is 5.14. The van der Waals surface area contributed by atoms with Crippen molar-refractivity contribution in [3.05, 3.63) is 81.5 Å². The summed E-state index contributed by atoms with van der Waals surface area (Å²) < 4.78 is 6.78. The highest BCUT2D eigenvalue weighted by Gasteiger charge is 2.07. The molecule has 126 valence electrons. The number of carbonyl (C=O) groups is 1. The zero-order valence-corrected chi connectivity index (χ0v) is 15.5. The average molecular weight is 397 g/mol. The molecular weight excluding hydrogens is 380 g/mol. The second-order valence-corrected chi connectivity index (χ2v) is 6.53. The van der Waals surface area contributed by atoms with Gasteiger partial charge in [-0.3, -0.25) is 4.79 Å². The first-order valence-electron chi connectivity index (χ1n) is 7.80. The number of carbonyl (C=O) groups excluding carboxylic acids is 1. The normalized spacial score (nSPS) is 11.0. The molecule has 25 heavy (non-hydrogen) atoms. The number of rotatable bonds is 4. The lowest BCUT2D eigenvalue weighted by Crippen LogP contribution is -2.18. The molecule has 3 aromatic rings. The van der Waals surface area contributed by atoms with Gasteiger partial charge in [0.05, 0.1) is 6.21 Å². The SMILES string of the molecule is Cc1ccc(-c2ccc(/C=N\NC(=O)c3ccccc3C)o2)cc1Br. The standard InChI is InChI=1S/C20H17BrN2O2/c1-13-5-3-4-6-17(13)20(24)23-22-12-16-9-10-19(25-16)15-8-7-14(2)18(21)11-15/h3-12H,1-2H3,(H,23,24)/b22-12-. The molecule has 0 fully saturated rings. The largest absolute Gasteiger partial charge is 0.455 e. The maximum Gasteiger partial charge on any atom is 0.271 e. The van der Waals surface area contributed by atoms with E-state index in [1.807, 2.05) is 62.4 Å². The highest BCUT2D eigenvalue weighted by Crippen LogP contribution is 2.26. The number of amides is 1. The van der Waals surface area contributed by atoms with Crippen molar-refractivity contribution < 1.29 is 9.21 Å². The topological polar surface area (TPSA) is 54.6 Å². The molecule has 1 aromatic heterocycles. The van der Waals surface area contributed by atoms with Gasteiger partial charge in [-0.1, -0.05) is 46.3 Å². The molecule has 3 rings (SSSR count). The van der Waals surface area contributed by atoms with Gasteiger partial charge in [0.15, 0.2) is 0 Å². The van der Waals surface area contributed by atoms with Gasteiger partial charge in [-0.15, -0.1) is 0 Å². The molecule has 0 aliphatic rings. The molecule has 5 heteroatoms. The first-order chi connectivity index (χ1) is 12.0. The Morgan fingerprint density at radius 3 is 2.64 bits per heavy atom. The number of halogens is 1. The summed E-state index contributed by atoms with van der Waals surface area (Å²) in [6.45, 7) is 3.92. The average Bonchev–Trinajstić information content (AvgIpc) is 3.06. The summed E-state index contributed by atoms with van der Waals surface area (Å²) in [5, 5.41) is 3.97. The number of furan rings is 1. The molecule has 4 nitrogen and oxygen atoms in total. The summed E-state index contributed by atoms with van der Waals surface area (Å²) in [4.78, 5) is 12.1. The summed E-state index contributed by atoms with van der Waals surface area (Å²) in [5.74, 6) is 1.06. The zero-order valence-electron chi connectivity index (χ0n) is 13.9. The van der Waals surface area contributed by atoms with Gasteiger partial charge in [-0.25, -0.2) is 5.43 Å². The maximum atomic E-state index is 12.1. The highest BCUT2D eigenvalue weighted by atomic mass is 79.9. The fourth-order valence-electron chi connectivity index (χ4n) is 2.37. The van der Waals surface area contributed by atoms with E-state index >= 15 is 0 Å². The molecule has 2 aromatic carbocycles. The van der Waals surface area contributed by atoms with Crippen LogP contribution in [0.15, 0.2) is 68.6 Å². The zero-order chi connectivity index (χ0) is 17.8. The minimum atomic E-state index is -0.247. The van der Waals surface area contributed by atoms with Crippen LogP contribution in [0.25, 0.3) is 11.3 Å². The van der Waals surface area contributed by atoms with E-state index in [-0.39, 0.29) is 5.91 Å². The van der Waals surface area contributed by atoms with Crippen LogP contribution in [0.5, 0.6) is 0 Å². The predicted molar refractivity (Wildman–Crippen MR) is 103 cm³/mol. The summed E-state index contributed by atoms with van der Waals surface area (Å²) in [6.07, 6.45) is 1.49. The second kappa shape index (κ2) is 7.49. The highest BCUT2D eigenvalue weighted by molar-refractivity contribution is 9.10. The van der Waals surface area contributed by atoms with Crippen LogP contribution < -0.4 is 5.43 Å². The van der Waals surface area contributed by atoms with Gasteiger partial charge in [0.25, 0.3) is 5.91 Å². The van der Waals surface area contributed by atoms with E-state index in [0.29, 0.717) is 11.3 Å². The second-order valence-electron chi connectivity index (χ2n) is 5.68. The molecule has 1 heterocycles. The molecule has 0 unspecified atom stereocenters. The van der Waals surface area contributed by atoms with Gasteiger partial charge in [-0.2, -0.15) is 5.10 Å². The lowest BCUT2D eigenvalue weighted by Gasteiger charge is -2.02. The summed E-state index contributed by atoms with van der Waals surface area (Å²) >= 11 is 3.52. The Morgan fingerprint density at radius 1 is 1.08 bits per heavy atom.